The third-order valence-electron chi connectivity index (χ3n) is 4.42. The first-order chi connectivity index (χ1) is 11.7. The van der Waals surface area contributed by atoms with Crippen LogP contribution in [0.2, 0.25) is 0 Å². The van der Waals surface area contributed by atoms with Gasteiger partial charge in [0.1, 0.15) is 11.9 Å². The molecule has 1 aliphatic rings. The maximum atomic E-state index is 12.4. The predicted molar refractivity (Wildman–Crippen MR) is 91.5 cm³/mol. The smallest absolute Gasteiger partial charge is 0.251 e. The van der Waals surface area contributed by atoms with Crippen LogP contribution < -0.4 is 0 Å². The maximum Gasteiger partial charge on any atom is 0.251 e. The van der Waals surface area contributed by atoms with E-state index in [0.29, 0.717) is 19.0 Å². The van der Waals surface area contributed by atoms with E-state index in [2.05, 4.69) is 15.2 Å². The Hall–Kier alpha value is -2.21. The minimum Gasteiger partial charge on any atom is -0.369 e. The van der Waals surface area contributed by atoms with Crippen molar-refractivity contribution in [1.29, 1.82) is 0 Å². The van der Waals surface area contributed by atoms with Gasteiger partial charge in [0, 0.05) is 31.2 Å². The van der Waals surface area contributed by atoms with Gasteiger partial charge in [0.05, 0.1) is 0 Å². The lowest BCUT2D eigenvalue weighted by Crippen LogP contribution is -2.44. The molecule has 1 amide bonds. The summed E-state index contributed by atoms with van der Waals surface area (Å²) < 4.78 is 5.43. The first-order valence-electron chi connectivity index (χ1n) is 8.57. The normalized spacial score (nSPS) is 19.2. The summed E-state index contributed by atoms with van der Waals surface area (Å²) in [6.07, 6.45) is 1.59. The van der Waals surface area contributed by atoms with Crippen LogP contribution >= 0.6 is 0 Å². The van der Waals surface area contributed by atoms with Gasteiger partial charge in [0.25, 0.3) is 5.91 Å². The zero-order valence-corrected chi connectivity index (χ0v) is 14.2. The Labute approximate surface area is 142 Å². The molecule has 3 rings (SSSR count). The number of piperidine rings is 1. The van der Waals surface area contributed by atoms with Gasteiger partial charge in [-0.2, -0.15) is 5.10 Å². The van der Waals surface area contributed by atoms with E-state index in [4.69, 9.17) is 4.74 Å². The topological polar surface area (TPSA) is 71.1 Å². The average molecular weight is 328 g/mol. The van der Waals surface area contributed by atoms with E-state index in [0.717, 1.165) is 30.8 Å². The van der Waals surface area contributed by atoms with Gasteiger partial charge >= 0.3 is 0 Å². The van der Waals surface area contributed by atoms with E-state index in [1.807, 2.05) is 49.1 Å². The molecule has 1 N–H and O–H groups in total. The van der Waals surface area contributed by atoms with Crippen molar-refractivity contribution in [3.8, 4) is 11.4 Å². The molecular formula is C18H24N4O2. The van der Waals surface area contributed by atoms with Gasteiger partial charge in [-0.15, -0.1) is 0 Å². The Morgan fingerprint density at radius 2 is 2.21 bits per heavy atom. The van der Waals surface area contributed by atoms with Crippen LogP contribution in [0.4, 0.5) is 0 Å². The van der Waals surface area contributed by atoms with Crippen molar-refractivity contribution in [3.05, 3.63) is 36.2 Å². The molecule has 2 aromatic rings. The molecule has 0 aliphatic carbocycles. The Bertz CT molecular complexity index is 671. The number of likely N-dealkylation sites (tertiary alicyclic amines) is 1. The van der Waals surface area contributed by atoms with Crippen LogP contribution in [0.25, 0.3) is 11.4 Å². The molecule has 0 unspecified atom stereocenters. The molecule has 6 heteroatoms. The van der Waals surface area contributed by atoms with Crippen molar-refractivity contribution in [1.82, 2.24) is 20.1 Å². The Balaban J connectivity index is 1.69. The third-order valence-corrected chi connectivity index (χ3v) is 4.42. The SMILES string of the molecule is CCO[C@@H](C)C(=O)N1CCC[C@H](c2nc(-c3ccccc3)n[nH]2)C1. The molecule has 0 spiro atoms. The second-order valence-electron chi connectivity index (χ2n) is 6.13. The van der Waals surface area contributed by atoms with E-state index < -0.39 is 0 Å². The number of hydrogen-bond acceptors (Lipinski definition) is 4. The molecule has 1 aromatic heterocycles. The number of amides is 1. The molecule has 0 saturated carbocycles. The van der Waals surface area contributed by atoms with Crippen molar-refractivity contribution in [2.75, 3.05) is 19.7 Å². The number of benzene rings is 1. The standard InChI is InChI=1S/C18H24N4O2/c1-3-24-13(2)18(23)22-11-7-10-15(12-22)17-19-16(20-21-17)14-8-5-4-6-9-14/h4-6,8-9,13,15H,3,7,10-12H2,1-2H3,(H,19,20,21)/t13-,15-/m0/s1. The van der Waals surface area contributed by atoms with Crippen LogP contribution in [0.5, 0.6) is 0 Å². The Kier molecular flexibility index (Phi) is 5.25. The van der Waals surface area contributed by atoms with Gasteiger partial charge in [0.15, 0.2) is 5.82 Å². The predicted octanol–water partition coefficient (Wildman–Crippen LogP) is 2.60. The fraction of sp³-hybridized carbons (Fsp3) is 0.500. The molecule has 0 radical (unpaired) electrons. The Morgan fingerprint density at radius 3 is 2.96 bits per heavy atom. The van der Waals surface area contributed by atoms with E-state index in [9.17, 15) is 4.79 Å². The largest absolute Gasteiger partial charge is 0.369 e. The summed E-state index contributed by atoms with van der Waals surface area (Å²) in [5, 5.41) is 7.39. The first kappa shape index (κ1) is 16.6. The number of hydrogen-bond donors (Lipinski definition) is 1. The molecule has 1 saturated heterocycles. The van der Waals surface area contributed by atoms with Crippen LogP contribution in [0.15, 0.2) is 30.3 Å². The average Bonchev–Trinajstić information content (AvgIpc) is 3.12. The van der Waals surface area contributed by atoms with Gasteiger partial charge < -0.3 is 9.64 Å². The molecule has 6 nitrogen and oxygen atoms in total. The number of carbonyl (C=O) groups excluding carboxylic acids is 1. The van der Waals surface area contributed by atoms with Crippen molar-refractivity contribution in [3.63, 3.8) is 0 Å². The zero-order valence-electron chi connectivity index (χ0n) is 14.2. The van der Waals surface area contributed by atoms with Crippen LogP contribution in [0.3, 0.4) is 0 Å². The highest BCUT2D eigenvalue weighted by Crippen LogP contribution is 2.26. The van der Waals surface area contributed by atoms with E-state index in [1.54, 1.807) is 0 Å². The second kappa shape index (κ2) is 7.57. The molecule has 1 aromatic carbocycles. The van der Waals surface area contributed by atoms with E-state index >= 15 is 0 Å². The van der Waals surface area contributed by atoms with Crippen LogP contribution in [-0.2, 0) is 9.53 Å². The second-order valence-corrected chi connectivity index (χ2v) is 6.13. The highest BCUT2D eigenvalue weighted by atomic mass is 16.5. The number of aromatic nitrogens is 3. The first-order valence-corrected chi connectivity index (χ1v) is 8.57. The van der Waals surface area contributed by atoms with Gasteiger partial charge in [-0.3, -0.25) is 9.89 Å². The lowest BCUT2D eigenvalue weighted by atomic mass is 9.97. The van der Waals surface area contributed by atoms with E-state index in [1.165, 1.54) is 0 Å². The maximum absolute atomic E-state index is 12.4. The molecular weight excluding hydrogens is 304 g/mol. The summed E-state index contributed by atoms with van der Waals surface area (Å²) >= 11 is 0. The minimum atomic E-state index is -0.386. The molecule has 0 bridgehead atoms. The number of aromatic amines is 1. The zero-order chi connectivity index (χ0) is 16.9. The molecule has 128 valence electrons. The van der Waals surface area contributed by atoms with Crippen LogP contribution in [0, 0.1) is 0 Å². The molecule has 24 heavy (non-hydrogen) atoms. The molecule has 2 atom stereocenters. The summed E-state index contributed by atoms with van der Waals surface area (Å²) in [4.78, 5) is 19.0. The van der Waals surface area contributed by atoms with Gasteiger partial charge in [-0.25, -0.2) is 4.98 Å². The number of carbonyl (C=O) groups is 1. The third kappa shape index (κ3) is 3.64. The lowest BCUT2D eigenvalue weighted by molar-refractivity contribution is -0.143. The summed E-state index contributed by atoms with van der Waals surface area (Å²) in [6, 6.07) is 9.91. The summed E-state index contributed by atoms with van der Waals surface area (Å²) in [6.45, 7) is 5.72. The quantitative estimate of drug-likeness (QED) is 0.916. The van der Waals surface area contributed by atoms with E-state index in [-0.39, 0.29) is 17.9 Å². The fourth-order valence-corrected chi connectivity index (χ4v) is 3.15. The van der Waals surface area contributed by atoms with Crippen LogP contribution in [0.1, 0.15) is 38.4 Å². The van der Waals surface area contributed by atoms with Gasteiger partial charge in [0.2, 0.25) is 0 Å². The highest BCUT2D eigenvalue weighted by molar-refractivity contribution is 5.80. The molecule has 1 fully saturated rings. The number of ether oxygens (including phenoxy) is 1. The summed E-state index contributed by atoms with van der Waals surface area (Å²) in [5.41, 5.74) is 0.994. The van der Waals surface area contributed by atoms with Crippen molar-refractivity contribution >= 4 is 5.91 Å². The number of nitrogens with zero attached hydrogens (tertiary/aromatic N) is 3. The monoisotopic (exact) mass is 328 g/mol. The number of H-pyrrole nitrogens is 1. The van der Waals surface area contributed by atoms with Crippen molar-refractivity contribution < 1.29 is 9.53 Å². The summed E-state index contributed by atoms with van der Waals surface area (Å²) in [5.74, 6) is 1.82. The highest BCUT2D eigenvalue weighted by Gasteiger charge is 2.29. The molecule has 1 aliphatic heterocycles. The number of rotatable bonds is 5. The van der Waals surface area contributed by atoms with Crippen molar-refractivity contribution in [2.24, 2.45) is 0 Å². The van der Waals surface area contributed by atoms with Crippen LogP contribution in [-0.4, -0.2) is 51.8 Å². The molecule has 2 heterocycles. The minimum absolute atomic E-state index is 0.0596. The number of nitrogens with one attached hydrogen (secondary N) is 1. The summed E-state index contributed by atoms with van der Waals surface area (Å²) in [7, 11) is 0. The van der Waals surface area contributed by atoms with Gasteiger partial charge in [-0.05, 0) is 26.7 Å². The fourth-order valence-electron chi connectivity index (χ4n) is 3.15. The van der Waals surface area contributed by atoms with Gasteiger partial charge in [-0.1, -0.05) is 30.3 Å². The van der Waals surface area contributed by atoms with Crippen molar-refractivity contribution in [2.45, 2.75) is 38.7 Å². The Morgan fingerprint density at radius 1 is 1.42 bits per heavy atom. The lowest BCUT2D eigenvalue weighted by Gasteiger charge is -2.33.